The predicted molar refractivity (Wildman–Crippen MR) is 39.3 cm³/mol. The van der Waals surface area contributed by atoms with Crippen molar-refractivity contribution in [2.45, 2.75) is 12.1 Å². The van der Waals surface area contributed by atoms with Crippen molar-refractivity contribution in [1.82, 2.24) is 15.2 Å². The number of carbonyl (C=O) groups excluding carboxylic acids is 1. The molecule has 0 spiro atoms. The van der Waals surface area contributed by atoms with Crippen LogP contribution in [0.2, 0.25) is 0 Å². The van der Waals surface area contributed by atoms with E-state index in [1.807, 2.05) is 0 Å². The van der Waals surface area contributed by atoms with E-state index < -0.39 is 0 Å². The van der Waals surface area contributed by atoms with Crippen molar-refractivity contribution < 1.29 is 9.53 Å². The summed E-state index contributed by atoms with van der Waals surface area (Å²) >= 11 is 0.885. The first-order chi connectivity index (χ1) is 5.33. The summed E-state index contributed by atoms with van der Waals surface area (Å²) in [7, 11) is 0. The molecule has 0 atom stereocenters. The average molecular weight is 173 g/mol. The fraction of sp³-hybridized carbons (Fsp3) is 0.400. The van der Waals surface area contributed by atoms with Gasteiger partial charge >= 0.3 is 5.30 Å². The second-order valence-electron chi connectivity index (χ2n) is 1.58. The molecule has 11 heavy (non-hydrogen) atoms. The highest BCUT2D eigenvalue weighted by atomic mass is 32.2. The second-order valence-corrected chi connectivity index (χ2v) is 2.50. The van der Waals surface area contributed by atoms with E-state index in [0.29, 0.717) is 11.8 Å². The normalized spacial score (nSPS) is 9.55. The fourth-order valence-electron chi connectivity index (χ4n) is 0.470. The number of ether oxygens (including phenoxy) is 1. The van der Waals surface area contributed by atoms with Gasteiger partial charge in [0.2, 0.25) is 0 Å². The van der Waals surface area contributed by atoms with Crippen LogP contribution >= 0.6 is 11.8 Å². The van der Waals surface area contributed by atoms with Gasteiger partial charge in [-0.05, 0) is 6.92 Å². The number of hydrogen-bond donors (Lipinski definition) is 1. The molecule has 0 radical (unpaired) electrons. The molecule has 0 unspecified atom stereocenters. The zero-order valence-electron chi connectivity index (χ0n) is 5.90. The number of nitrogens with one attached hydrogen (secondary N) is 1. The van der Waals surface area contributed by atoms with Crippen molar-refractivity contribution in [2.75, 3.05) is 6.61 Å². The van der Waals surface area contributed by atoms with E-state index >= 15 is 0 Å². The van der Waals surface area contributed by atoms with Crippen molar-refractivity contribution in [3.63, 3.8) is 0 Å². The molecule has 0 aliphatic carbocycles. The van der Waals surface area contributed by atoms with E-state index in [-0.39, 0.29) is 5.30 Å². The van der Waals surface area contributed by atoms with Crippen LogP contribution in [0.4, 0.5) is 4.79 Å². The van der Waals surface area contributed by atoms with Crippen molar-refractivity contribution in [1.29, 1.82) is 0 Å². The Bertz CT molecular complexity index is 224. The van der Waals surface area contributed by atoms with Crippen LogP contribution < -0.4 is 0 Å². The molecule has 0 saturated carbocycles. The van der Waals surface area contributed by atoms with Gasteiger partial charge in [-0.25, -0.2) is 9.78 Å². The summed E-state index contributed by atoms with van der Waals surface area (Å²) in [5.41, 5.74) is 0. The lowest BCUT2D eigenvalue weighted by molar-refractivity contribution is 0.181. The van der Waals surface area contributed by atoms with Crippen LogP contribution in [0.3, 0.4) is 0 Å². The van der Waals surface area contributed by atoms with E-state index in [1.54, 1.807) is 6.92 Å². The third kappa shape index (κ3) is 2.58. The highest BCUT2D eigenvalue weighted by Crippen LogP contribution is 2.13. The van der Waals surface area contributed by atoms with Crippen molar-refractivity contribution >= 4 is 17.1 Å². The summed E-state index contributed by atoms with van der Waals surface area (Å²) in [5, 5.41) is 6.17. The molecule has 0 aromatic carbocycles. The Labute approximate surface area is 67.5 Å². The standard InChI is InChI=1S/C5H7N3O2S/c1-2-10-5(9)11-4-6-3-7-8-4/h3H,2H2,1H3,(H,6,7,8). The number of H-pyrrole nitrogens is 1. The summed E-state index contributed by atoms with van der Waals surface area (Å²) in [6, 6.07) is 0. The maximum atomic E-state index is 10.8. The highest BCUT2D eigenvalue weighted by Gasteiger charge is 2.05. The molecule has 0 aliphatic rings. The molecule has 0 saturated heterocycles. The Morgan fingerprint density at radius 2 is 2.73 bits per heavy atom. The van der Waals surface area contributed by atoms with Gasteiger partial charge in [0.25, 0.3) is 0 Å². The zero-order valence-corrected chi connectivity index (χ0v) is 6.72. The van der Waals surface area contributed by atoms with Crippen molar-refractivity contribution in [3.8, 4) is 0 Å². The molecule has 6 heteroatoms. The van der Waals surface area contributed by atoms with Gasteiger partial charge < -0.3 is 4.74 Å². The summed E-state index contributed by atoms with van der Waals surface area (Å²) in [6.07, 6.45) is 1.33. The van der Waals surface area contributed by atoms with E-state index in [2.05, 4.69) is 19.9 Å². The fourth-order valence-corrected chi connectivity index (χ4v) is 1.00. The molecule has 60 valence electrons. The lowest BCUT2D eigenvalue weighted by Gasteiger charge is -1.95. The monoisotopic (exact) mass is 173 g/mol. The molecule has 1 N–H and O–H groups in total. The number of thioether (sulfide) groups is 1. The minimum Gasteiger partial charge on any atom is -0.458 e. The average Bonchev–Trinajstić information content (AvgIpc) is 2.40. The Kier molecular flexibility index (Phi) is 2.91. The Morgan fingerprint density at radius 3 is 3.27 bits per heavy atom. The van der Waals surface area contributed by atoms with Crippen molar-refractivity contribution in [3.05, 3.63) is 6.33 Å². The number of rotatable bonds is 2. The molecule has 1 heterocycles. The number of aromatic nitrogens is 3. The first kappa shape index (κ1) is 8.06. The molecule has 1 aromatic heterocycles. The minimum absolute atomic E-state index is 0.371. The SMILES string of the molecule is CCOC(=O)Sc1ncn[nH]1. The molecule has 1 rings (SSSR count). The van der Waals surface area contributed by atoms with Crippen LogP contribution in [-0.4, -0.2) is 27.1 Å². The number of carbonyl (C=O) groups is 1. The van der Waals surface area contributed by atoms with Crippen LogP contribution in [0.15, 0.2) is 11.5 Å². The number of hydrogen-bond acceptors (Lipinski definition) is 5. The van der Waals surface area contributed by atoms with Gasteiger partial charge in [-0.2, -0.15) is 5.10 Å². The van der Waals surface area contributed by atoms with Gasteiger partial charge in [0.05, 0.1) is 6.61 Å². The van der Waals surface area contributed by atoms with E-state index in [0.717, 1.165) is 11.8 Å². The molecule has 1 aromatic rings. The topological polar surface area (TPSA) is 67.9 Å². The molecular formula is C5H7N3O2S. The Hall–Kier alpha value is -1.04. The molecule has 0 fully saturated rings. The number of nitrogens with zero attached hydrogens (tertiary/aromatic N) is 2. The predicted octanol–water partition coefficient (Wildman–Crippen LogP) is 1.05. The molecule has 5 nitrogen and oxygen atoms in total. The first-order valence-electron chi connectivity index (χ1n) is 3.03. The van der Waals surface area contributed by atoms with Gasteiger partial charge in [0.15, 0.2) is 5.16 Å². The quantitative estimate of drug-likeness (QED) is 0.534. The summed E-state index contributed by atoms with van der Waals surface area (Å²) < 4.78 is 4.65. The molecular weight excluding hydrogens is 166 g/mol. The zero-order chi connectivity index (χ0) is 8.10. The van der Waals surface area contributed by atoms with Crippen LogP contribution in [0, 0.1) is 0 Å². The van der Waals surface area contributed by atoms with Gasteiger partial charge in [0.1, 0.15) is 6.33 Å². The van der Waals surface area contributed by atoms with E-state index in [9.17, 15) is 4.79 Å². The summed E-state index contributed by atoms with van der Waals surface area (Å²) in [6.45, 7) is 2.12. The van der Waals surface area contributed by atoms with E-state index in [4.69, 9.17) is 0 Å². The Balaban J connectivity index is 2.37. The molecule has 0 amide bonds. The second kappa shape index (κ2) is 3.97. The van der Waals surface area contributed by atoms with Crippen LogP contribution in [0.1, 0.15) is 6.92 Å². The maximum absolute atomic E-state index is 10.8. The lowest BCUT2D eigenvalue weighted by Crippen LogP contribution is -1.96. The third-order valence-electron chi connectivity index (χ3n) is 0.835. The third-order valence-corrected chi connectivity index (χ3v) is 1.51. The van der Waals surface area contributed by atoms with Crippen LogP contribution in [0.25, 0.3) is 0 Å². The minimum atomic E-state index is -0.371. The van der Waals surface area contributed by atoms with Crippen LogP contribution in [-0.2, 0) is 4.74 Å². The highest BCUT2D eigenvalue weighted by molar-refractivity contribution is 8.13. The summed E-state index contributed by atoms with van der Waals surface area (Å²) in [4.78, 5) is 14.5. The van der Waals surface area contributed by atoms with E-state index in [1.165, 1.54) is 6.33 Å². The van der Waals surface area contributed by atoms with Gasteiger partial charge in [-0.15, -0.1) is 0 Å². The maximum Gasteiger partial charge on any atom is 0.375 e. The largest absolute Gasteiger partial charge is 0.458 e. The van der Waals surface area contributed by atoms with Crippen LogP contribution in [0.5, 0.6) is 0 Å². The first-order valence-corrected chi connectivity index (χ1v) is 3.84. The Morgan fingerprint density at radius 1 is 1.91 bits per heavy atom. The lowest BCUT2D eigenvalue weighted by atomic mass is 10.9. The van der Waals surface area contributed by atoms with Gasteiger partial charge in [0, 0.05) is 11.8 Å². The van der Waals surface area contributed by atoms with Gasteiger partial charge in [-0.3, -0.25) is 5.10 Å². The van der Waals surface area contributed by atoms with Gasteiger partial charge in [-0.1, -0.05) is 0 Å². The number of aromatic amines is 1. The summed E-state index contributed by atoms with van der Waals surface area (Å²) in [5.74, 6) is 0. The van der Waals surface area contributed by atoms with Crippen molar-refractivity contribution in [2.24, 2.45) is 0 Å². The molecule has 0 aliphatic heterocycles. The smallest absolute Gasteiger partial charge is 0.375 e. The molecule has 0 bridgehead atoms.